The van der Waals surface area contributed by atoms with Gasteiger partial charge in [-0.15, -0.1) is 0 Å². The Balaban J connectivity index is 0.000000437. The Morgan fingerprint density at radius 2 is 2.12 bits per heavy atom. The van der Waals surface area contributed by atoms with Gasteiger partial charge in [0.2, 0.25) is 0 Å². The molecule has 0 saturated heterocycles. The molecule has 0 bridgehead atoms. The molecule has 0 fully saturated rings. The van der Waals surface area contributed by atoms with Crippen LogP contribution in [0.3, 0.4) is 0 Å². The summed E-state index contributed by atoms with van der Waals surface area (Å²) in [5, 5.41) is 0. The highest BCUT2D eigenvalue weighted by atomic mass is 16.6. The lowest BCUT2D eigenvalue weighted by Gasteiger charge is -2.23. The molecule has 5 heteroatoms. The van der Waals surface area contributed by atoms with Crippen LogP contribution in [0.2, 0.25) is 0 Å². The Bertz CT molecular complexity index is 268. The number of hydrogen-bond acceptors (Lipinski definition) is 4. The van der Waals surface area contributed by atoms with E-state index in [1.807, 2.05) is 26.8 Å². The van der Waals surface area contributed by atoms with Crippen LogP contribution in [0.4, 0.5) is 4.79 Å². The zero-order valence-electron chi connectivity index (χ0n) is 10.9. The summed E-state index contributed by atoms with van der Waals surface area (Å²) in [4.78, 5) is 22.1. The van der Waals surface area contributed by atoms with E-state index in [-0.39, 0.29) is 6.09 Å². The van der Waals surface area contributed by atoms with Crippen molar-refractivity contribution in [3.63, 3.8) is 0 Å². The molecule has 0 spiro atoms. The Labute approximate surface area is 102 Å². The van der Waals surface area contributed by atoms with E-state index in [0.717, 1.165) is 13.0 Å². The summed E-state index contributed by atoms with van der Waals surface area (Å²) in [5.41, 5.74) is -0.395. The van der Waals surface area contributed by atoms with Crippen molar-refractivity contribution in [2.24, 2.45) is 0 Å². The molecular weight excluding hydrogens is 222 g/mol. The molecule has 0 aliphatic carbocycles. The molecule has 0 saturated carbocycles. The van der Waals surface area contributed by atoms with Crippen LogP contribution in [0, 0.1) is 0 Å². The molecule has 0 aromatic heterocycles. The highest BCUT2D eigenvalue weighted by Crippen LogP contribution is 2.12. The van der Waals surface area contributed by atoms with Crippen LogP contribution < -0.4 is 0 Å². The number of carbonyl (C=O) groups is 2. The summed E-state index contributed by atoms with van der Waals surface area (Å²) in [6.45, 7) is 9.01. The first-order valence-corrected chi connectivity index (χ1v) is 5.62. The van der Waals surface area contributed by atoms with Crippen molar-refractivity contribution >= 4 is 12.6 Å². The first-order chi connectivity index (χ1) is 7.90. The average Bonchev–Trinajstić information content (AvgIpc) is 2.69. The van der Waals surface area contributed by atoms with Gasteiger partial charge in [-0.3, -0.25) is 9.69 Å². The lowest BCUT2D eigenvalue weighted by molar-refractivity contribution is -0.128. The number of ether oxygens (including phenoxy) is 2. The van der Waals surface area contributed by atoms with Gasteiger partial charge in [0, 0.05) is 12.7 Å². The van der Waals surface area contributed by atoms with Crippen LogP contribution in [0.1, 0.15) is 34.1 Å². The van der Waals surface area contributed by atoms with Crippen LogP contribution in [-0.4, -0.2) is 36.2 Å². The van der Waals surface area contributed by atoms with Crippen molar-refractivity contribution in [1.82, 2.24) is 4.90 Å². The van der Waals surface area contributed by atoms with Gasteiger partial charge in [-0.05, 0) is 34.1 Å². The third-order valence-electron chi connectivity index (χ3n) is 1.68. The first kappa shape index (κ1) is 15.5. The van der Waals surface area contributed by atoms with E-state index < -0.39 is 5.60 Å². The van der Waals surface area contributed by atoms with Gasteiger partial charge < -0.3 is 9.47 Å². The molecule has 0 aromatic carbocycles. The Morgan fingerprint density at radius 3 is 2.41 bits per heavy atom. The number of carbonyl (C=O) groups excluding carboxylic acids is 2. The number of amides is 1. The number of hydrogen-bond donors (Lipinski definition) is 0. The number of rotatable bonds is 2. The molecule has 0 atom stereocenters. The van der Waals surface area contributed by atoms with Gasteiger partial charge in [0.05, 0.1) is 6.61 Å². The van der Waals surface area contributed by atoms with Gasteiger partial charge in [0.1, 0.15) is 5.60 Å². The van der Waals surface area contributed by atoms with E-state index in [9.17, 15) is 9.59 Å². The Kier molecular flexibility index (Phi) is 7.02. The molecular formula is C12H21NO4. The predicted molar refractivity (Wildman–Crippen MR) is 64.4 cm³/mol. The highest BCUT2D eigenvalue weighted by Gasteiger charge is 2.21. The summed E-state index contributed by atoms with van der Waals surface area (Å²) in [6, 6.07) is 0. The lowest BCUT2D eigenvalue weighted by atomic mass is 10.2. The molecule has 0 radical (unpaired) electrons. The van der Waals surface area contributed by atoms with Crippen molar-refractivity contribution in [1.29, 1.82) is 0 Å². The third-order valence-corrected chi connectivity index (χ3v) is 1.68. The molecule has 17 heavy (non-hydrogen) atoms. The van der Waals surface area contributed by atoms with Crippen LogP contribution in [0.25, 0.3) is 0 Å². The monoisotopic (exact) mass is 243 g/mol. The van der Waals surface area contributed by atoms with Gasteiger partial charge >= 0.3 is 6.09 Å². The summed E-state index contributed by atoms with van der Waals surface area (Å²) in [5.74, 6) is 0. The van der Waals surface area contributed by atoms with E-state index in [0.29, 0.717) is 13.1 Å². The van der Waals surface area contributed by atoms with E-state index in [4.69, 9.17) is 4.74 Å². The van der Waals surface area contributed by atoms with Gasteiger partial charge in [0.15, 0.2) is 0 Å². The second-order valence-corrected chi connectivity index (χ2v) is 4.40. The minimum atomic E-state index is -0.395. The van der Waals surface area contributed by atoms with E-state index >= 15 is 0 Å². The molecule has 98 valence electrons. The quantitative estimate of drug-likeness (QED) is 0.698. The zero-order valence-corrected chi connectivity index (χ0v) is 10.9. The summed E-state index contributed by atoms with van der Waals surface area (Å²) < 4.78 is 9.31. The lowest BCUT2D eigenvalue weighted by Crippen LogP contribution is -2.32. The normalized spacial score (nSPS) is 13.8. The smallest absolute Gasteiger partial charge is 0.414 e. The highest BCUT2D eigenvalue weighted by molar-refractivity contribution is 5.69. The Hall–Kier alpha value is -1.52. The molecule has 1 rings (SSSR count). The molecule has 0 unspecified atom stereocenters. The zero-order chi connectivity index (χ0) is 13.3. The molecule has 5 nitrogen and oxygen atoms in total. The minimum absolute atomic E-state index is 0.253. The first-order valence-electron chi connectivity index (χ1n) is 5.62. The van der Waals surface area contributed by atoms with Crippen LogP contribution in [0.15, 0.2) is 12.3 Å². The average molecular weight is 243 g/mol. The van der Waals surface area contributed by atoms with Gasteiger partial charge in [0.25, 0.3) is 6.47 Å². The van der Waals surface area contributed by atoms with Gasteiger partial charge in [-0.25, -0.2) is 4.79 Å². The van der Waals surface area contributed by atoms with Crippen molar-refractivity contribution in [3.8, 4) is 0 Å². The number of nitrogens with zero attached hydrogens (tertiary/aromatic N) is 1. The SMILES string of the molecule is CC(C)(C)OC(=O)N1C=CCC1.CCOC=O. The molecule has 1 heterocycles. The van der Waals surface area contributed by atoms with E-state index in [1.54, 1.807) is 18.0 Å². The molecule has 0 aromatic rings. The molecule has 0 N–H and O–H groups in total. The maximum atomic E-state index is 11.3. The van der Waals surface area contributed by atoms with Crippen molar-refractivity contribution < 1.29 is 19.1 Å². The Morgan fingerprint density at radius 1 is 1.47 bits per heavy atom. The van der Waals surface area contributed by atoms with Crippen molar-refractivity contribution in [3.05, 3.63) is 12.3 Å². The maximum Gasteiger partial charge on any atom is 0.414 e. The predicted octanol–water partition coefficient (Wildman–Crippen LogP) is 2.32. The summed E-state index contributed by atoms with van der Waals surface area (Å²) in [7, 11) is 0. The maximum absolute atomic E-state index is 11.3. The standard InChI is InChI=1S/C9H15NO2.C3H6O2/c1-9(2,3)12-8(11)10-6-4-5-7-10;1-2-5-3-4/h4,6H,5,7H2,1-3H3;3H,2H2,1H3. The largest absolute Gasteiger partial charge is 0.468 e. The fraction of sp³-hybridized carbons (Fsp3) is 0.667. The van der Waals surface area contributed by atoms with Gasteiger partial charge in [-0.1, -0.05) is 6.08 Å². The molecule has 1 amide bonds. The van der Waals surface area contributed by atoms with Crippen molar-refractivity contribution in [2.45, 2.75) is 39.7 Å². The second kappa shape index (κ2) is 7.70. The van der Waals surface area contributed by atoms with E-state index in [2.05, 4.69) is 4.74 Å². The fourth-order valence-corrected chi connectivity index (χ4v) is 1.03. The van der Waals surface area contributed by atoms with Gasteiger partial charge in [-0.2, -0.15) is 0 Å². The van der Waals surface area contributed by atoms with Crippen LogP contribution in [0.5, 0.6) is 0 Å². The fourth-order valence-electron chi connectivity index (χ4n) is 1.03. The second-order valence-electron chi connectivity index (χ2n) is 4.40. The summed E-state index contributed by atoms with van der Waals surface area (Å²) >= 11 is 0. The topological polar surface area (TPSA) is 55.8 Å². The summed E-state index contributed by atoms with van der Waals surface area (Å²) in [6.07, 6.45) is 4.41. The van der Waals surface area contributed by atoms with Crippen molar-refractivity contribution in [2.75, 3.05) is 13.2 Å². The minimum Gasteiger partial charge on any atom is -0.468 e. The molecule has 1 aliphatic heterocycles. The van der Waals surface area contributed by atoms with Crippen LogP contribution in [-0.2, 0) is 14.3 Å². The molecule has 1 aliphatic rings. The third kappa shape index (κ3) is 8.30. The van der Waals surface area contributed by atoms with Crippen LogP contribution >= 0.6 is 0 Å². The van der Waals surface area contributed by atoms with E-state index in [1.165, 1.54) is 0 Å².